The van der Waals surface area contributed by atoms with Gasteiger partial charge >= 0.3 is 0 Å². The molecule has 0 aromatic heterocycles. The van der Waals surface area contributed by atoms with Gasteiger partial charge in [-0.1, -0.05) is 26.7 Å². The van der Waals surface area contributed by atoms with Gasteiger partial charge in [-0.05, 0) is 44.3 Å². The average Bonchev–Trinajstić information content (AvgIpc) is 2.12. The van der Waals surface area contributed by atoms with Crippen molar-refractivity contribution < 1.29 is 4.55 Å². The molecule has 0 aliphatic carbocycles. The monoisotopic (exact) mass is 219 g/mol. The third-order valence-electron chi connectivity index (χ3n) is 2.32. The largest absolute Gasteiger partial charge is 0.330 e. The Bertz CT molecular complexity index is 120. The summed E-state index contributed by atoms with van der Waals surface area (Å²) in [6.45, 7) is 7.82. The molecule has 0 aromatic carbocycles. The smallest absolute Gasteiger partial charge is 0.0207 e. The van der Waals surface area contributed by atoms with Gasteiger partial charge in [0.1, 0.15) is 0 Å². The van der Waals surface area contributed by atoms with Gasteiger partial charge in [-0.15, -0.1) is 0 Å². The predicted octanol–water partition coefficient (Wildman–Crippen LogP) is 3.39. The SMILES string of the molecule is CC(C)CCCC(C)NCCCSO. The first kappa shape index (κ1) is 14.3. The van der Waals surface area contributed by atoms with Crippen molar-refractivity contribution in [2.75, 3.05) is 12.3 Å². The highest BCUT2D eigenvalue weighted by Gasteiger charge is 2.01. The molecule has 0 spiro atoms. The third kappa shape index (κ3) is 10.4. The van der Waals surface area contributed by atoms with Crippen LogP contribution in [0, 0.1) is 5.92 Å². The lowest BCUT2D eigenvalue weighted by Crippen LogP contribution is -2.27. The van der Waals surface area contributed by atoms with E-state index in [1.807, 2.05) is 0 Å². The van der Waals surface area contributed by atoms with Crippen LogP contribution in [0.3, 0.4) is 0 Å². The Morgan fingerprint density at radius 1 is 1.14 bits per heavy atom. The van der Waals surface area contributed by atoms with Crippen LogP contribution in [0.25, 0.3) is 0 Å². The second kappa shape index (κ2) is 9.81. The van der Waals surface area contributed by atoms with Crippen molar-refractivity contribution in [2.45, 2.75) is 52.5 Å². The van der Waals surface area contributed by atoms with Crippen LogP contribution in [0.5, 0.6) is 0 Å². The first-order valence-corrected chi connectivity index (χ1v) is 6.60. The lowest BCUT2D eigenvalue weighted by molar-refractivity contribution is 0.458. The van der Waals surface area contributed by atoms with Gasteiger partial charge in [0.15, 0.2) is 0 Å². The van der Waals surface area contributed by atoms with Crippen molar-refractivity contribution in [3.63, 3.8) is 0 Å². The van der Waals surface area contributed by atoms with E-state index in [4.69, 9.17) is 4.55 Å². The van der Waals surface area contributed by atoms with E-state index in [1.54, 1.807) is 0 Å². The molecule has 86 valence electrons. The summed E-state index contributed by atoms with van der Waals surface area (Å²) in [6, 6.07) is 0.623. The molecular formula is C11H25NOS. The Morgan fingerprint density at radius 3 is 2.43 bits per heavy atom. The van der Waals surface area contributed by atoms with Crippen LogP contribution in [0.2, 0.25) is 0 Å². The molecular weight excluding hydrogens is 194 g/mol. The maximum Gasteiger partial charge on any atom is 0.0207 e. The highest BCUT2D eigenvalue weighted by molar-refractivity contribution is 7.93. The van der Waals surface area contributed by atoms with Crippen LogP contribution >= 0.6 is 12.0 Å². The van der Waals surface area contributed by atoms with Crippen molar-refractivity contribution >= 4 is 12.0 Å². The normalized spacial score (nSPS) is 13.5. The zero-order chi connectivity index (χ0) is 10.8. The fourth-order valence-corrected chi connectivity index (χ4v) is 1.69. The van der Waals surface area contributed by atoms with Gasteiger partial charge in [0, 0.05) is 11.8 Å². The molecule has 0 aliphatic rings. The molecule has 0 heterocycles. The van der Waals surface area contributed by atoms with E-state index in [2.05, 4.69) is 26.1 Å². The highest BCUT2D eigenvalue weighted by Crippen LogP contribution is 2.08. The van der Waals surface area contributed by atoms with Crippen LogP contribution in [-0.4, -0.2) is 22.9 Å². The van der Waals surface area contributed by atoms with Gasteiger partial charge in [0.25, 0.3) is 0 Å². The van der Waals surface area contributed by atoms with E-state index >= 15 is 0 Å². The summed E-state index contributed by atoms with van der Waals surface area (Å²) in [5.41, 5.74) is 0. The fraction of sp³-hybridized carbons (Fsp3) is 1.00. The number of hydrogen-bond acceptors (Lipinski definition) is 3. The Morgan fingerprint density at radius 2 is 1.86 bits per heavy atom. The third-order valence-corrected chi connectivity index (χ3v) is 2.80. The van der Waals surface area contributed by atoms with E-state index in [1.165, 1.54) is 19.3 Å². The zero-order valence-electron chi connectivity index (χ0n) is 9.75. The minimum atomic E-state index is 0.623. The molecule has 3 heteroatoms. The van der Waals surface area contributed by atoms with Crippen molar-refractivity contribution in [2.24, 2.45) is 5.92 Å². The fourth-order valence-electron chi connectivity index (χ4n) is 1.42. The lowest BCUT2D eigenvalue weighted by Gasteiger charge is -2.13. The molecule has 0 rings (SSSR count). The molecule has 0 aliphatic heterocycles. The molecule has 1 atom stereocenters. The molecule has 0 aromatic rings. The summed E-state index contributed by atoms with van der Waals surface area (Å²) in [5, 5.41) is 3.47. The minimum absolute atomic E-state index is 0.623. The lowest BCUT2D eigenvalue weighted by atomic mass is 10.0. The standard InChI is InChI=1S/C11H25NOS/c1-10(2)6-4-7-11(3)12-8-5-9-14-13/h10-13H,4-9H2,1-3H3. The van der Waals surface area contributed by atoms with Crippen molar-refractivity contribution in [3.05, 3.63) is 0 Å². The van der Waals surface area contributed by atoms with E-state index in [9.17, 15) is 0 Å². The van der Waals surface area contributed by atoms with Crippen molar-refractivity contribution in [3.8, 4) is 0 Å². The van der Waals surface area contributed by atoms with Crippen LogP contribution in [-0.2, 0) is 0 Å². The zero-order valence-corrected chi connectivity index (χ0v) is 10.6. The van der Waals surface area contributed by atoms with Crippen LogP contribution in [0.15, 0.2) is 0 Å². The first-order chi connectivity index (χ1) is 6.66. The second-order valence-corrected chi connectivity index (χ2v) is 5.03. The summed E-state index contributed by atoms with van der Waals surface area (Å²) >= 11 is 0.935. The van der Waals surface area contributed by atoms with Gasteiger partial charge in [0.05, 0.1) is 0 Å². The van der Waals surface area contributed by atoms with Gasteiger partial charge < -0.3 is 9.87 Å². The maximum atomic E-state index is 8.52. The Balaban J connectivity index is 3.15. The number of nitrogens with one attached hydrogen (secondary N) is 1. The van der Waals surface area contributed by atoms with Crippen LogP contribution in [0.1, 0.15) is 46.5 Å². The summed E-state index contributed by atoms with van der Waals surface area (Å²) < 4.78 is 8.52. The molecule has 0 saturated carbocycles. The van der Waals surface area contributed by atoms with Gasteiger partial charge in [-0.25, -0.2) is 0 Å². The Labute approximate surface area is 93.1 Å². The summed E-state index contributed by atoms with van der Waals surface area (Å²) in [5.74, 6) is 1.67. The Hall–Kier alpha value is 0.270. The highest BCUT2D eigenvalue weighted by atomic mass is 32.2. The number of hydrogen-bond donors (Lipinski definition) is 2. The maximum absolute atomic E-state index is 8.52. The van der Waals surface area contributed by atoms with Crippen LogP contribution in [0.4, 0.5) is 0 Å². The summed E-state index contributed by atoms with van der Waals surface area (Å²) in [7, 11) is 0. The molecule has 2 nitrogen and oxygen atoms in total. The molecule has 1 unspecified atom stereocenters. The van der Waals surface area contributed by atoms with E-state index in [0.717, 1.165) is 36.7 Å². The molecule has 0 saturated heterocycles. The molecule has 0 bridgehead atoms. The van der Waals surface area contributed by atoms with Crippen LogP contribution < -0.4 is 5.32 Å². The van der Waals surface area contributed by atoms with Gasteiger partial charge in [-0.2, -0.15) is 0 Å². The van der Waals surface area contributed by atoms with E-state index in [-0.39, 0.29) is 0 Å². The molecule has 14 heavy (non-hydrogen) atoms. The predicted molar refractivity (Wildman–Crippen MR) is 65.9 cm³/mol. The van der Waals surface area contributed by atoms with Gasteiger partial charge in [-0.3, -0.25) is 0 Å². The first-order valence-electron chi connectivity index (χ1n) is 5.66. The minimum Gasteiger partial charge on any atom is -0.330 e. The molecule has 2 N–H and O–H groups in total. The van der Waals surface area contributed by atoms with E-state index in [0.29, 0.717) is 6.04 Å². The second-order valence-electron chi connectivity index (χ2n) is 4.37. The number of rotatable bonds is 9. The van der Waals surface area contributed by atoms with Gasteiger partial charge in [0.2, 0.25) is 0 Å². The molecule has 0 radical (unpaired) electrons. The van der Waals surface area contributed by atoms with Crippen molar-refractivity contribution in [1.82, 2.24) is 5.32 Å². The quantitative estimate of drug-likeness (QED) is 0.460. The topological polar surface area (TPSA) is 32.3 Å². The Kier molecular flexibility index (Phi) is 10.0. The van der Waals surface area contributed by atoms with E-state index < -0.39 is 0 Å². The summed E-state index contributed by atoms with van der Waals surface area (Å²) in [6.07, 6.45) is 4.97. The average molecular weight is 219 g/mol. The van der Waals surface area contributed by atoms with Crippen molar-refractivity contribution in [1.29, 1.82) is 0 Å². The summed E-state index contributed by atoms with van der Waals surface area (Å²) in [4.78, 5) is 0. The molecule has 0 amide bonds. The molecule has 0 fully saturated rings.